The van der Waals surface area contributed by atoms with Gasteiger partial charge in [0.2, 0.25) is 10.0 Å². The monoisotopic (exact) mass is 300 g/mol. The topological polar surface area (TPSA) is 81.2 Å². The molecule has 1 fully saturated rings. The standard InChI is InChI=1S/C13H24N4O2S/c1-3-8-17(13(11-14)6-4-5-7-13)20(18,19)12-9-15-16(2)10-12/h9-10H,3-8,11,14H2,1-2H3. The van der Waals surface area contributed by atoms with Gasteiger partial charge in [-0.25, -0.2) is 8.42 Å². The third-order valence-electron chi connectivity index (χ3n) is 4.14. The predicted molar refractivity (Wildman–Crippen MR) is 77.6 cm³/mol. The van der Waals surface area contributed by atoms with Gasteiger partial charge in [-0.15, -0.1) is 0 Å². The molecule has 7 heteroatoms. The van der Waals surface area contributed by atoms with Gasteiger partial charge in [0.1, 0.15) is 4.90 Å². The van der Waals surface area contributed by atoms with E-state index in [2.05, 4.69) is 5.10 Å². The van der Waals surface area contributed by atoms with Gasteiger partial charge in [-0.1, -0.05) is 19.8 Å². The van der Waals surface area contributed by atoms with Crippen molar-refractivity contribution in [3.63, 3.8) is 0 Å². The minimum absolute atomic E-state index is 0.258. The van der Waals surface area contributed by atoms with Crippen LogP contribution in [0.5, 0.6) is 0 Å². The van der Waals surface area contributed by atoms with Crippen LogP contribution in [0.1, 0.15) is 39.0 Å². The van der Waals surface area contributed by atoms with Crippen LogP contribution in [-0.4, -0.2) is 41.1 Å². The van der Waals surface area contributed by atoms with Gasteiger partial charge in [0, 0.05) is 31.9 Å². The van der Waals surface area contributed by atoms with Crippen LogP contribution >= 0.6 is 0 Å². The van der Waals surface area contributed by atoms with Gasteiger partial charge in [0.15, 0.2) is 0 Å². The van der Waals surface area contributed by atoms with Crippen molar-refractivity contribution >= 4 is 10.0 Å². The second-order valence-electron chi connectivity index (χ2n) is 5.56. The largest absolute Gasteiger partial charge is 0.329 e. The minimum atomic E-state index is -3.53. The van der Waals surface area contributed by atoms with Gasteiger partial charge in [0.05, 0.1) is 6.20 Å². The molecule has 0 unspecified atom stereocenters. The fourth-order valence-corrected chi connectivity index (χ4v) is 4.97. The molecule has 20 heavy (non-hydrogen) atoms. The zero-order valence-corrected chi connectivity index (χ0v) is 13.1. The lowest BCUT2D eigenvalue weighted by molar-refractivity contribution is 0.197. The number of hydrogen-bond donors (Lipinski definition) is 1. The van der Waals surface area contributed by atoms with Crippen molar-refractivity contribution in [2.75, 3.05) is 13.1 Å². The summed E-state index contributed by atoms with van der Waals surface area (Å²) in [6.07, 6.45) is 7.53. The highest BCUT2D eigenvalue weighted by atomic mass is 32.2. The number of aryl methyl sites for hydroxylation is 1. The lowest BCUT2D eigenvalue weighted by Crippen LogP contribution is -2.54. The molecule has 0 bridgehead atoms. The number of sulfonamides is 1. The summed E-state index contributed by atoms with van der Waals surface area (Å²) in [5.74, 6) is 0. The predicted octanol–water partition coefficient (Wildman–Crippen LogP) is 1.09. The van der Waals surface area contributed by atoms with Crippen LogP contribution in [0.15, 0.2) is 17.3 Å². The molecule has 2 N–H and O–H groups in total. The van der Waals surface area contributed by atoms with Crippen molar-refractivity contribution in [2.45, 2.75) is 49.5 Å². The first-order valence-corrected chi connectivity index (χ1v) is 8.62. The van der Waals surface area contributed by atoms with Crippen molar-refractivity contribution in [2.24, 2.45) is 12.8 Å². The summed E-state index contributed by atoms with van der Waals surface area (Å²) in [6, 6.07) is 0. The molecule has 1 aromatic rings. The fraction of sp³-hybridized carbons (Fsp3) is 0.769. The van der Waals surface area contributed by atoms with E-state index in [-0.39, 0.29) is 4.90 Å². The molecule has 0 spiro atoms. The summed E-state index contributed by atoms with van der Waals surface area (Å²) < 4.78 is 29.0. The number of nitrogens with zero attached hydrogens (tertiary/aromatic N) is 3. The van der Waals surface area contributed by atoms with E-state index < -0.39 is 15.6 Å². The lowest BCUT2D eigenvalue weighted by atomic mass is 9.98. The quantitative estimate of drug-likeness (QED) is 0.852. The summed E-state index contributed by atoms with van der Waals surface area (Å²) in [7, 11) is -1.81. The molecule has 2 rings (SSSR count). The molecular weight excluding hydrogens is 276 g/mol. The molecule has 1 aliphatic rings. The first-order valence-electron chi connectivity index (χ1n) is 7.18. The third-order valence-corrected chi connectivity index (χ3v) is 6.10. The molecule has 1 aliphatic carbocycles. The SMILES string of the molecule is CCCN(C1(CN)CCCC1)S(=O)(=O)c1cnn(C)c1. The molecule has 0 saturated heterocycles. The minimum Gasteiger partial charge on any atom is -0.329 e. The molecule has 6 nitrogen and oxygen atoms in total. The van der Waals surface area contributed by atoms with Crippen LogP contribution in [0, 0.1) is 0 Å². The molecular formula is C13H24N4O2S. The first kappa shape index (κ1) is 15.5. The Morgan fingerprint density at radius 1 is 1.45 bits per heavy atom. The molecule has 114 valence electrons. The van der Waals surface area contributed by atoms with Crippen molar-refractivity contribution in [1.82, 2.24) is 14.1 Å². The lowest BCUT2D eigenvalue weighted by Gasteiger charge is -2.39. The summed E-state index contributed by atoms with van der Waals surface area (Å²) in [5, 5.41) is 3.98. The van der Waals surface area contributed by atoms with Crippen molar-refractivity contribution in [1.29, 1.82) is 0 Å². The Hall–Kier alpha value is -0.920. The van der Waals surface area contributed by atoms with E-state index in [9.17, 15) is 8.42 Å². The molecule has 0 atom stereocenters. The summed E-state index contributed by atoms with van der Waals surface area (Å²) >= 11 is 0. The molecule has 0 amide bonds. The number of rotatable bonds is 6. The Morgan fingerprint density at radius 2 is 2.10 bits per heavy atom. The van der Waals surface area contributed by atoms with Crippen LogP contribution in [0.3, 0.4) is 0 Å². The van der Waals surface area contributed by atoms with E-state index in [0.717, 1.165) is 32.1 Å². The van der Waals surface area contributed by atoms with Crippen LogP contribution < -0.4 is 5.73 Å². The van der Waals surface area contributed by atoms with E-state index >= 15 is 0 Å². The molecule has 1 aromatic heterocycles. The molecule has 0 radical (unpaired) electrons. The molecule has 1 saturated carbocycles. The third kappa shape index (κ3) is 2.62. The van der Waals surface area contributed by atoms with Crippen LogP contribution in [0.2, 0.25) is 0 Å². The summed E-state index contributed by atoms with van der Waals surface area (Å²) in [4.78, 5) is 0.258. The van der Waals surface area contributed by atoms with Crippen LogP contribution in [0.4, 0.5) is 0 Å². The van der Waals surface area contributed by atoms with E-state index in [1.807, 2.05) is 6.92 Å². The van der Waals surface area contributed by atoms with E-state index in [1.54, 1.807) is 17.5 Å². The second kappa shape index (κ2) is 5.83. The van der Waals surface area contributed by atoms with Crippen molar-refractivity contribution in [3.05, 3.63) is 12.4 Å². The average molecular weight is 300 g/mol. The van der Waals surface area contributed by atoms with Gasteiger partial charge in [0.25, 0.3) is 0 Å². The second-order valence-corrected chi connectivity index (χ2v) is 7.42. The number of hydrogen-bond acceptors (Lipinski definition) is 4. The van der Waals surface area contributed by atoms with Gasteiger partial charge >= 0.3 is 0 Å². The average Bonchev–Trinajstić information content (AvgIpc) is 3.05. The maximum atomic E-state index is 12.9. The highest BCUT2D eigenvalue weighted by Crippen LogP contribution is 2.38. The number of nitrogens with two attached hydrogens (primary N) is 1. The highest BCUT2D eigenvalue weighted by molar-refractivity contribution is 7.89. The first-order chi connectivity index (χ1) is 9.46. The van der Waals surface area contributed by atoms with Gasteiger partial charge in [-0.3, -0.25) is 4.68 Å². The van der Waals surface area contributed by atoms with Gasteiger partial charge in [-0.05, 0) is 19.3 Å². The van der Waals surface area contributed by atoms with Crippen LogP contribution in [-0.2, 0) is 17.1 Å². The van der Waals surface area contributed by atoms with E-state index in [1.165, 1.54) is 10.9 Å². The van der Waals surface area contributed by atoms with Gasteiger partial charge < -0.3 is 5.73 Å². The Morgan fingerprint density at radius 3 is 2.55 bits per heavy atom. The zero-order chi connectivity index (χ0) is 14.8. The normalized spacial score (nSPS) is 18.8. The molecule has 1 heterocycles. The Bertz CT molecular complexity index is 546. The summed E-state index contributed by atoms with van der Waals surface area (Å²) in [5.41, 5.74) is 5.54. The van der Waals surface area contributed by atoms with Crippen molar-refractivity contribution < 1.29 is 8.42 Å². The molecule has 0 aliphatic heterocycles. The van der Waals surface area contributed by atoms with E-state index in [0.29, 0.717) is 13.1 Å². The maximum Gasteiger partial charge on any atom is 0.246 e. The van der Waals surface area contributed by atoms with Gasteiger partial charge in [-0.2, -0.15) is 9.40 Å². The highest BCUT2D eigenvalue weighted by Gasteiger charge is 2.44. The number of aromatic nitrogens is 2. The molecule has 0 aromatic carbocycles. The fourth-order valence-electron chi connectivity index (χ4n) is 3.06. The Balaban J connectivity index is 2.42. The smallest absolute Gasteiger partial charge is 0.246 e. The zero-order valence-electron chi connectivity index (χ0n) is 12.2. The maximum absolute atomic E-state index is 12.9. The Kier molecular flexibility index (Phi) is 4.51. The summed E-state index contributed by atoms with van der Waals surface area (Å²) in [6.45, 7) is 2.88. The van der Waals surface area contributed by atoms with Crippen molar-refractivity contribution in [3.8, 4) is 0 Å². The van der Waals surface area contributed by atoms with E-state index in [4.69, 9.17) is 5.73 Å². The van der Waals surface area contributed by atoms with Crippen LogP contribution in [0.25, 0.3) is 0 Å². The Labute approximate surface area is 121 Å².